The van der Waals surface area contributed by atoms with Gasteiger partial charge in [-0.25, -0.2) is 4.79 Å². The third-order valence-electron chi connectivity index (χ3n) is 2.71. The van der Waals surface area contributed by atoms with Crippen molar-refractivity contribution in [2.24, 2.45) is 5.92 Å². The van der Waals surface area contributed by atoms with Crippen molar-refractivity contribution >= 4 is 11.9 Å². The van der Waals surface area contributed by atoms with Crippen molar-refractivity contribution in [3.8, 4) is 11.8 Å². The van der Waals surface area contributed by atoms with Crippen LogP contribution in [0.1, 0.15) is 34.6 Å². The van der Waals surface area contributed by atoms with Gasteiger partial charge in [-0.2, -0.15) is 9.97 Å². The van der Waals surface area contributed by atoms with Crippen LogP contribution in [-0.2, 0) is 9.53 Å². The number of rotatable bonds is 6. The van der Waals surface area contributed by atoms with E-state index in [1.54, 1.807) is 6.07 Å². The van der Waals surface area contributed by atoms with Gasteiger partial charge in [0.2, 0.25) is 17.7 Å². The van der Waals surface area contributed by atoms with E-state index in [2.05, 4.69) is 15.3 Å². The summed E-state index contributed by atoms with van der Waals surface area (Å²) in [6.45, 7) is 9.31. The molecule has 1 rings (SSSR count). The molecule has 22 heavy (non-hydrogen) atoms. The van der Waals surface area contributed by atoms with Crippen molar-refractivity contribution in [1.29, 1.82) is 0 Å². The third-order valence-corrected chi connectivity index (χ3v) is 2.71. The monoisotopic (exact) mass is 311 g/mol. The van der Waals surface area contributed by atoms with Gasteiger partial charge in [0.1, 0.15) is 11.6 Å². The highest BCUT2D eigenvalue weighted by Crippen LogP contribution is 2.20. The second-order valence-corrected chi connectivity index (χ2v) is 6.18. The predicted octanol–water partition coefficient (Wildman–Crippen LogP) is 2.27. The van der Waals surface area contributed by atoms with Gasteiger partial charge in [0.05, 0.1) is 20.3 Å². The molecule has 0 unspecified atom stereocenters. The molecule has 7 heteroatoms. The van der Waals surface area contributed by atoms with Crippen molar-refractivity contribution in [3.05, 3.63) is 6.07 Å². The van der Waals surface area contributed by atoms with Gasteiger partial charge in [0.15, 0.2) is 0 Å². The summed E-state index contributed by atoms with van der Waals surface area (Å²) in [6, 6.07) is 0.985. The summed E-state index contributed by atoms with van der Waals surface area (Å²) in [5, 5.41) is 2.99. The zero-order valence-corrected chi connectivity index (χ0v) is 14.3. The van der Waals surface area contributed by atoms with Crippen LogP contribution in [-0.4, -0.2) is 41.8 Å². The fourth-order valence-corrected chi connectivity index (χ4v) is 1.68. The lowest BCUT2D eigenvalue weighted by Gasteiger charge is -2.26. The average Bonchev–Trinajstić information content (AvgIpc) is 2.41. The van der Waals surface area contributed by atoms with E-state index in [1.807, 2.05) is 34.6 Å². The number of esters is 1. The number of hydrogen-bond acceptors (Lipinski definition) is 7. The molecule has 0 fully saturated rings. The third kappa shape index (κ3) is 5.38. The number of aromatic nitrogens is 2. The molecular weight excluding hydrogens is 286 g/mol. The van der Waals surface area contributed by atoms with Crippen LogP contribution in [0.25, 0.3) is 0 Å². The normalized spacial score (nSPS) is 12.7. The van der Waals surface area contributed by atoms with Crippen LogP contribution in [0.2, 0.25) is 0 Å². The smallest absolute Gasteiger partial charge is 0.329 e. The number of ether oxygens (including phenoxy) is 3. The van der Waals surface area contributed by atoms with Gasteiger partial charge in [-0.1, -0.05) is 13.8 Å². The molecule has 0 saturated heterocycles. The lowest BCUT2D eigenvalue weighted by Crippen LogP contribution is -2.40. The number of nitrogens with zero attached hydrogens (tertiary/aromatic N) is 2. The summed E-state index contributed by atoms with van der Waals surface area (Å²) < 4.78 is 15.6. The standard InChI is InChI=1S/C15H25N3O4/c1-9(2)12(13(19)22-15(3,4)5)18-14-16-10(20-6)8-11(17-14)21-7/h8-9,12H,1-7H3,(H,16,17,18)/t12-/m0/s1. The Bertz CT molecular complexity index is 490. The van der Waals surface area contributed by atoms with Crippen LogP contribution in [0.4, 0.5) is 5.95 Å². The van der Waals surface area contributed by atoms with Gasteiger partial charge in [-0.3, -0.25) is 0 Å². The summed E-state index contributed by atoms with van der Waals surface area (Å²) in [5.41, 5.74) is -0.557. The van der Waals surface area contributed by atoms with Crippen LogP contribution in [0, 0.1) is 5.92 Å². The summed E-state index contributed by atoms with van der Waals surface area (Å²) in [5.74, 6) is 0.589. The van der Waals surface area contributed by atoms with Crippen molar-refractivity contribution < 1.29 is 19.0 Å². The van der Waals surface area contributed by atoms with E-state index in [1.165, 1.54) is 14.2 Å². The second-order valence-electron chi connectivity index (χ2n) is 6.18. The minimum Gasteiger partial charge on any atom is -0.481 e. The number of anilines is 1. The SMILES string of the molecule is COc1cc(OC)nc(N[C@H](C(=O)OC(C)(C)C)C(C)C)n1. The van der Waals surface area contributed by atoms with Crippen molar-refractivity contribution in [3.63, 3.8) is 0 Å². The average molecular weight is 311 g/mol. The molecule has 1 N–H and O–H groups in total. The van der Waals surface area contributed by atoms with Gasteiger partial charge < -0.3 is 19.5 Å². The molecule has 1 atom stereocenters. The van der Waals surface area contributed by atoms with Crippen LogP contribution in [0.3, 0.4) is 0 Å². The second kappa shape index (κ2) is 7.29. The Morgan fingerprint density at radius 2 is 1.64 bits per heavy atom. The van der Waals surface area contributed by atoms with Gasteiger partial charge in [-0.05, 0) is 26.7 Å². The molecule has 0 aliphatic carbocycles. The Hall–Kier alpha value is -2.05. The highest BCUT2D eigenvalue weighted by atomic mass is 16.6. The summed E-state index contributed by atoms with van der Waals surface area (Å²) in [7, 11) is 3.00. The molecule has 1 aromatic rings. The molecule has 0 radical (unpaired) electrons. The summed E-state index contributed by atoms with van der Waals surface area (Å²) >= 11 is 0. The Morgan fingerprint density at radius 1 is 1.14 bits per heavy atom. The lowest BCUT2D eigenvalue weighted by molar-refractivity contribution is -0.156. The van der Waals surface area contributed by atoms with Crippen LogP contribution in [0.5, 0.6) is 11.8 Å². The zero-order valence-electron chi connectivity index (χ0n) is 14.3. The molecule has 0 aliphatic heterocycles. The Labute approximate surface area is 131 Å². The van der Waals surface area contributed by atoms with Crippen molar-refractivity contribution in [2.45, 2.75) is 46.3 Å². The fraction of sp³-hybridized carbons (Fsp3) is 0.667. The number of carbonyl (C=O) groups is 1. The molecule has 0 aliphatic rings. The van der Waals surface area contributed by atoms with Gasteiger partial charge in [-0.15, -0.1) is 0 Å². The maximum Gasteiger partial charge on any atom is 0.329 e. The van der Waals surface area contributed by atoms with Gasteiger partial charge in [0.25, 0.3) is 0 Å². The maximum atomic E-state index is 12.3. The molecule has 7 nitrogen and oxygen atoms in total. The fourth-order valence-electron chi connectivity index (χ4n) is 1.68. The molecule has 0 amide bonds. The number of nitrogens with one attached hydrogen (secondary N) is 1. The topological polar surface area (TPSA) is 82.6 Å². The quantitative estimate of drug-likeness (QED) is 0.807. The van der Waals surface area contributed by atoms with E-state index in [9.17, 15) is 4.79 Å². The van der Waals surface area contributed by atoms with Gasteiger partial charge in [0, 0.05) is 0 Å². The maximum absolute atomic E-state index is 12.3. The first-order valence-electron chi connectivity index (χ1n) is 7.12. The molecule has 1 heterocycles. The van der Waals surface area contributed by atoms with E-state index in [4.69, 9.17) is 14.2 Å². The minimum atomic E-state index is -0.573. The highest BCUT2D eigenvalue weighted by Gasteiger charge is 2.28. The predicted molar refractivity (Wildman–Crippen MR) is 83.2 cm³/mol. The van der Waals surface area contributed by atoms with Crippen LogP contribution in [0.15, 0.2) is 6.07 Å². The van der Waals surface area contributed by atoms with E-state index in [0.29, 0.717) is 11.8 Å². The molecular formula is C15H25N3O4. The number of hydrogen-bond donors (Lipinski definition) is 1. The van der Waals surface area contributed by atoms with E-state index in [-0.39, 0.29) is 17.8 Å². The van der Waals surface area contributed by atoms with Crippen molar-refractivity contribution in [1.82, 2.24) is 9.97 Å². The van der Waals surface area contributed by atoms with Crippen molar-refractivity contribution in [2.75, 3.05) is 19.5 Å². The molecule has 0 bridgehead atoms. The Balaban J connectivity index is 2.98. The van der Waals surface area contributed by atoms with E-state index >= 15 is 0 Å². The largest absolute Gasteiger partial charge is 0.481 e. The molecule has 124 valence electrons. The van der Waals surface area contributed by atoms with E-state index < -0.39 is 11.6 Å². The summed E-state index contributed by atoms with van der Waals surface area (Å²) in [6.07, 6.45) is 0. The lowest BCUT2D eigenvalue weighted by atomic mass is 10.0. The van der Waals surface area contributed by atoms with E-state index in [0.717, 1.165) is 0 Å². The van der Waals surface area contributed by atoms with Crippen LogP contribution < -0.4 is 14.8 Å². The first-order valence-corrected chi connectivity index (χ1v) is 7.12. The molecule has 0 spiro atoms. The molecule has 1 aromatic heterocycles. The summed E-state index contributed by atoms with van der Waals surface area (Å²) in [4.78, 5) is 20.6. The minimum absolute atomic E-state index is 0.00403. The number of carbonyl (C=O) groups excluding carboxylic acids is 1. The van der Waals surface area contributed by atoms with Gasteiger partial charge >= 0.3 is 5.97 Å². The molecule has 0 aromatic carbocycles. The highest BCUT2D eigenvalue weighted by molar-refractivity contribution is 5.79. The Morgan fingerprint density at radius 3 is 2.00 bits per heavy atom. The number of methoxy groups -OCH3 is 2. The molecule has 0 saturated carbocycles. The first-order chi connectivity index (χ1) is 10.2. The zero-order chi connectivity index (χ0) is 16.9. The Kier molecular flexibility index (Phi) is 5.96. The first kappa shape index (κ1) is 18.0. The van der Waals surface area contributed by atoms with Crippen LogP contribution >= 0.6 is 0 Å².